The van der Waals surface area contributed by atoms with Crippen LogP contribution in [-0.2, 0) is 11.2 Å². The number of anilines is 1. The van der Waals surface area contributed by atoms with Gasteiger partial charge >= 0.3 is 0 Å². The lowest BCUT2D eigenvalue weighted by molar-refractivity contribution is -0.117. The number of halogens is 1. The van der Waals surface area contributed by atoms with Crippen LogP contribution in [-0.4, -0.2) is 32.2 Å². The number of carbonyl (C=O) groups is 1. The summed E-state index contributed by atoms with van der Waals surface area (Å²) < 4.78 is 11.6. The van der Waals surface area contributed by atoms with E-state index < -0.39 is 0 Å². The number of carbonyl (C=O) groups excluding carboxylic acids is 1. The molecule has 5 nitrogen and oxygen atoms in total. The van der Waals surface area contributed by atoms with Gasteiger partial charge in [0, 0.05) is 34.2 Å². The van der Waals surface area contributed by atoms with Crippen molar-refractivity contribution in [2.24, 2.45) is 0 Å². The summed E-state index contributed by atoms with van der Waals surface area (Å²) in [5.41, 5.74) is 2.52. The van der Waals surface area contributed by atoms with Crippen molar-refractivity contribution in [1.29, 1.82) is 0 Å². The van der Waals surface area contributed by atoms with Crippen LogP contribution in [0.4, 0.5) is 5.69 Å². The van der Waals surface area contributed by atoms with Gasteiger partial charge in [-0.05, 0) is 24.3 Å². The lowest BCUT2D eigenvalue weighted by Crippen LogP contribution is -2.27. The molecule has 0 aliphatic rings. The summed E-state index contributed by atoms with van der Waals surface area (Å²) in [7, 11) is 4.89. The third-order valence-corrected chi connectivity index (χ3v) is 5.52. The summed E-state index contributed by atoms with van der Waals surface area (Å²) in [6.07, 6.45) is 0.231. The standard InChI is InChI=1S/C20H19BrN2O3S/c1-23(16-7-8-17(25-2)18(11-16)26-3)19(24)10-15-12-27-20(22-15)13-5-4-6-14(21)9-13/h4-9,11-12H,10H2,1-3H3. The van der Waals surface area contributed by atoms with E-state index in [1.54, 1.807) is 38.3 Å². The number of ether oxygens (including phenoxy) is 2. The first kappa shape index (κ1) is 19.4. The molecule has 0 fully saturated rings. The number of nitrogens with zero attached hydrogens (tertiary/aromatic N) is 2. The minimum atomic E-state index is -0.0479. The molecule has 140 valence electrons. The molecule has 0 saturated carbocycles. The molecule has 0 saturated heterocycles. The van der Waals surface area contributed by atoms with E-state index in [0.29, 0.717) is 11.5 Å². The minimum absolute atomic E-state index is 0.0479. The summed E-state index contributed by atoms with van der Waals surface area (Å²) in [6, 6.07) is 13.4. The molecule has 0 aliphatic carbocycles. The van der Waals surface area contributed by atoms with Crippen LogP contribution in [0.25, 0.3) is 10.6 Å². The van der Waals surface area contributed by atoms with Gasteiger partial charge in [-0.2, -0.15) is 0 Å². The van der Waals surface area contributed by atoms with Crippen LogP contribution in [0.2, 0.25) is 0 Å². The number of hydrogen-bond acceptors (Lipinski definition) is 5. The molecule has 1 heterocycles. The van der Waals surface area contributed by atoms with Gasteiger partial charge in [-0.15, -0.1) is 11.3 Å². The zero-order valence-electron chi connectivity index (χ0n) is 15.2. The van der Waals surface area contributed by atoms with E-state index in [0.717, 1.165) is 26.4 Å². The van der Waals surface area contributed by atoms with E-state index in [2.05, 4.69) is 20.9 Å². The van der Waals surface area contributed by atoms with Crippen molar-refractivity contribution in [3.05, 3.63) is 58.0 Å². The highest BCUT2D eigenvalue weighted by Gasteiger charge is 2.16. The molecule has 0 unspecified atom stereocenters. The first-order valence-electron chi connectivity index (χ1n) is 8.20. The highest BCUT2D eigenvalue weighted by molar-refractivity contribution is 9.10. The van der Waals surface area contributed by atoms with Crippen molar-refractivity contribution in [2.75, 3.05) is 26.2 Å². The van der Waals surface area contributed by atoms with Crippen LogP contribution < -0.4 is 14.4 Å². The van der Waals surface area contributed by atoms with Gasteiger partial charge in [0.25, 0.3) is 0 Å². The monoisotopic (exact) mass is 446 g/mol. The number of hydrogen-bond donors (Lipinski definition) is 0. The molecule has 1 aromatic heterocycles. The molecule has 2 aromatic carbocycles. The lowest BCUT2D eigenvalue weighted by atomic mass is 10.2. The Labute approximate surface area is 170 Å². The van der Waals surface area contributed by atoms with Gasteiger partial charge in [0.2, 0.25) is 5.91 Å². The van der Waals surface area contributed by atoms with Crippen LogP contribution >= 0.6 is 27.3 Å². The Morgan fingerprint density at radius 1 is 1.15 bits per heavy atom. The van der Waals surface area contributed by atoms with Crippen LogP contribution in [0.15, 0.2) is 52.3 Å². The zero-order valence-corrected chi connectivity index (χ0v) is 17.6. The predicted octanol–water partition coefficient (Wildman–Crippen LogP) is 4.80. The molecule has 3 aromatic rings. The highest BCUT2D eigenvalue weighted by atomic mass is 79.9. The second kappa shape index (κ2) is 8.54. The summed E-state index contributed by atoms with van der Waals surface area (Å²) in [4.78, 5) is 18.9. The molecule has 0 N–H and O–H groups in total. The van der Waals surface area contributed by atoms with Crippen LogP contribution in [0.3, 0.4) is 0 Å². The summed E-state index contributed by atoms with van der Waals surface area (Å²) in [5, 5.41) is 2.82. The first-order valence-corrected chi connectivity index (χ1v) is 9.88. The molecule has 3 rings (SSSR count). The average molecular weight is 447 g/mol. The number of thiazole rings is 1. The fraction of sp³-hybridized carbons (Fsp3) is 0.200. The minimum Gasteiger partial charge on any atom is -0.493 e. The van der Waals surface area contributed by atoms with Gasteiger partial charge < -0.3 is 14.4 Å². The molecule has 0 radical (unpaired) electrons. The van der Waals surface area contributed by atoms with Crippen LogP contribution in [0.1, 0.15) is 5.69 Å². The van der Waals surface area contributed by atoms with E-state index in [-0.39, 0.29) is 12.3 Å². The van der Waals surface area contributed by atoms with E-state index in [1.807, 2.05) is 35.7 Å². The smallest absolute Gasteiger partial charge is 0.232 e. The van der Waals surface area contributed by atoms with Gasteiger partial charge in [-0.25, -0.2) is 4.98 Å². The van der Waals surface area contributed by atoms with Gasteiger partial charge in [0.05, 0.1) is 26.3 Å². The molecule has 1 amide bonds. The fourth-order valence-corrected chi connectivity index (χ4v) is 3.81. The Balaban J connectivity index is 1.74. The number of aromatic nitrogens is 1. The second-order valence-corrected chi connectivity index (χ2v) is 7.60. The SMILES string of the molecule is COc1ccc(N(C)C(=O)Cc2csc(-c3cccc(Br)c3)n2)cc1OC. The van der Waals surface area contributed by atoms with E-state index >= 15 is 0 Å². The van der Waals surface area contributed by atoms with Crippen LogP contribution in [0.5, 0.6) is 11.5 Å². The number of rotatable bonds is 6. The molecule has 0 bridgehead atoms. The number of amides is 1. The van der Waals surface area contributed by atoms with Crippen molar-refractivity contribution >= 4 is 38.9 Å². The maximum Gasteiger partial charge on any atom is 0.232 e. The molecule has 7 heteroatoms. The maximum atomic E-state index is 12.7. The Bertz CT molecular complexity index is 958. The third kappa shape index (κ3) is 4.48. The fourth-order valence-electron chi connectivity index (χ4n) is 2.59. The van der Waals surface area contributed by atoms with Gasteiger partial charge in [-0.3, -0.25) is 4.79 Å². The molecule has 0 spiro atoms. The Kier molecular flexibility index (Phi) is 6.13. The normalized spacial score (nSPS) is 10.5. The summed E-state index contributed by atoms with van der Waals surface area (Å²) >= 11 is 5.00. The molecule has 0 atom stereocenters. The van der Waals surface area contributed by atoms with Crippen molar-refractivity contribution < 1.29 is 14.3 Å². The zero-order chi connectivity index (χ0) is 19.4. The Hall–Kier alpha value is -2.38. The Morgan fingerprint density at radius 3 is 2.63 bits per heavy atom. The third-order valence-electron chi connectivity index (χ3n) is 4.08. The quantitative estimate of drug-likeness (QED) is 0.545. The highest BCUT2D eigenvalue weighted by Crippen LogP contribution is 2.31. The maximum absolute atomic E-state index is 12.7. The largest absolute Gasteiger partial charge is 0.493 e. The molecular weight excluding hydrogens is 428 g/mol. The molecule has 27 heavy (non-hydrogen) atoms. The van der Waals surface area contributed by atoms with Gasteiger partial charge in [0.15, 0.2) is 11.5 Å². The molecular formula is C20H19BrN2O3S. The van der Waals surface area contributed by atoms with Crippen molar-refractivity contribution in [2.45, 2.75) is 6.42 Å². The van der Waals surface area contributed by atoms with E-state index in [4.69, 9.17) is 9.47 Å². The topological polar surface area (TPSA) is 51.7 Å². The van der Waals surface area contributed by atoms with Crippen molar-refractivity contribution in [3.63, 3.8) is 0 Å². The summed E-state index contributed by atoms with van der Waals surface area (Å²) in [6.45, 7) is 0. The first-order chi connectivity index (χ1) is 13.0. The van der Waals surface area contributed by atoms with Crippen molar-refractivity contribution in [3.8, 4) is 22.1 Å². The Morgan fingerprint density at radius 2 is 1.93 bits per heavy atom. The number of likely N-dealkylation sites (N-methyl/N-ethyl adjacent to an activating group) is 1. The van der Waals surface area contributed by atoms with Crippen LogP contribution in [0, 0.1) is 0 Å². The number of methoxy groups -OCH3 is 2. The van der Waals surface area contributed by atoms with Crippen molar-refractivity contribution in [1.82, 2.24) is 4.98 Å². The lowest BCUT2D eigenvalue weighted by Gasteiger charge is -2.18. The van der Waals surface area contributed by atoms with Gasteiger partial charge in [0.1, 0.15) is 5.01 Å². The summed E-state index contributed by atoms with van der Waals surface area (Å²) in [5.74, 6) is 1.16. The number of benzene rings is 2. The predicted molar refractivity (Wildman–Crippen MR) is 112 cm³/mol. The van der Waals surface area contributed by atoms with E-state index in [1.165, 1.54) is 11.3 Å². The second-order valence-electron chi connectivity index (χ2n) is 5.82. The average Bonchev–Trinajstić information content (AvgIpc) is 3.15. The van der Waals surface area contributed by atoms with E-state index in [9.17, 15) is 4.79 Å². The van der Waals surface area contributed by atoms with Gasteiger partial charge in [-0.1, -0.05) is 28.1 Å². The molecule has 0 aliphatic heterocycles.